The Balaban J connectivity index is 1.03. The number of para-hydroxylation sites is 1. The molecule has 5 rings (SSSR count). The van der Waals surface area contributed by atoms with Gasteiger partial charge in [-0.25, -0.2) is 28.6 Å². The molecule has 1 saturated heterocycles. The van der Waals surface area contributed by atoms with E-state index in [4.69, 9.17) is 19.5 Å². The quantitative estimate of drug-likeness (QED) is 0.0314. The monoisotopic (exact) mass is 936 g/mol. The molecule has 0 saturated carbocycles. The zero-order valence-electron chi connectivity index (χ0n) is 32.1. The van der Waals surface area contributed by atoms with Gasteiger partial charge in [-0.05, 0) is 23.8 Å². The summed E-state index contributed by atoms with van der Waals surface area (Å²) in [6.07, 6.45) is -2.05. The number of aliphatic hydroxyl groups excluding tert-OH is 2. The summed E-state index contributed by atoms with van der Waals surface area (Å²) in [5.74, 6) is -1.21. The highest BCUT2D eigenvalue weighted by Crippen LogP contribution is 2.61. The second kappa shape index (κ2) is 20.1. The number of nitrogens with two attached hydrogens (primary N) is 1. The summed E-state index contributed by atoms with van der Waals surface area (Å²) in [4.78, 5) is 91.3. The van der Waals surface area contributed by atoms with Crippen molar-refractivity contribution in [2.45, 2.75) is 50.9 Å². The Morgan fingerprint density at radius 1 is 1.07 bits per heavy atom. The Morgan fingerprint density at radius 3 is 2.52 bits per heavy atom. The number of aromatic nitrogens is 5. The van der Waals surface area contributed by atoms with E-state index in [1.165, 1.54) is 19.9 Å². The molecule has 3 unspecified atom stereocenters. The lowest BCUT2D eigenvalue weighted by Gasteiger charge is -2.30. The Kier molecular flexibility index (Phi) is 15.8. The molecule has 1 aliphatic rings. The number of nitrogens with one attached hydrogen (secondary N) is 3. The summed E-state index contributed by atoms with van der Waals surface area (Å²) >= 11 is 1.00. The second-order valence-electron chi connectivity index (χ2n) is 13.9. The van der Waals surface area contributed by atoms with Gasteiger partial charge in [-0.15, -0.1) is 0 Å². The minimum Gasteiger partial charge on any atom is -0.386 e. The van der Waals surface area contributed by atoms with Gasteiger partial charge in [0.25, 0.3) is 0 Å². The third-order valence-electron chi connectivity index (χ3n) is 8.77. The van der Waals surface area contributed by atoms with Crippen molar-refractivity contribution >= 4 is 86.1 Å². The molecule has 0 radical (unpaired) electrons. The van der Waals surface area contributed by atoms with Crippen LogP contribution in [0.15, 0.2) is 49.2 Å². The van der Waals surface area contributed by atoms with Crippen LogP contribution in [0.2, 0.25) is 0 Å². The zero-order chi connectivity index (χ0) is 44.8. The number of amides is 2. The van der Waals surface area contributed by atoms with Crippen molar-refractivity contribution in [3.63, 3.8) is 0 Å². The van der Waals surface area contributed by atoms with Gasteiger partial charge in [-0.1, -0.05) is 43.8 Å². The molecule has 29 heteroatoms. The maximum Gasteiger partial charge on any atom is 0.481 e. The molecule has 11 N–H and O–H groups in total. The molecule has 7 atom stereocenters. The van der Waals surface area contributed by atoms with Gasteiger partial charge < -0.3 is 55.9 Å². The molecule has 0 aliphatic carbocycles. The number of nitrogens with zero attached hydrogens (tertiary/aromatic N) is 4. The van der Waals surface area contributed by atoms with Crippen LogP contribution in [0.3, 0.4) is 0 Å². The number of hydrogen-bond acceptors (Lipinski definition) is 18. The number of carbonyl (C=O) groups is 3. The number of H-pyrrole nitrogens is 1. The lowest BCUT2D eigenvalue weighted by atomic mass is 9.87. The van der Waals surface area contributed by atoms with Crippen molar-refractivity contribution in [3.8, 4) is 0 Å². The first-order valence-electron chi connectivity index (χ1n) is 17.9. The molecule has 3 aromatic heterocycles. The van der Waals surface area contributed by atoms with E-state index in [2.05, 4.69) is 39.4 Å². The van der Waals surface area contributed by atoms with E-state index in [0.29, 0.717) is 0 Å². The number of hydrogen-bond donors (Lipinski definition) is 10. The summed E-state index contributed by atoms with van der Waals surface area (Å²) in [5.41, 5.74) is 6.04. The SMILES string of the molecule is CC(C)(COP(=O)(O)OP(=O)(O)OC[C@H]1O[C@@H](n2cnc3c(N)ncnc32)[C@H](O)[C@@H]1OP(=O)(O)O)C(O)C(=O)NCCC(=O)NCCSC(=O)/C=C/c1c[nH]c2ccccc12. The first-order chi connectivity index (χ1) is 28.6. The lowest BCUT2D eigenvalue weighted by Crippen LogP contribution is -2.46. The summed E-state index contributed by atoms with van der Waals surface area (Å²) in [6, 6.07) is 7.63. The van der Waals surface area contributed by atoms with Crippen molar-refractivity contribution in [2.75, 3.05) is 37.8 Å². The Morgan fingerprint density at radius 2 is 1.79 bits per heavy atom. The fourth-order valence-corrected chi connectivity index (χ4v) is 9.12. The van der Waals surface area contributed by atoms with Crippen molar-refractivity contribution in [1.29, 1.82) is 0 Å². The highest BCUT2D eigenvalue weighted by molar-refractivity contribution is 8.14. The Labute approximate surface area is 349 Å². The van der Waals surface area contributed by atoms with Crippen LogP contribution in [0.4, 0.5) is 5.82 Å². The molecule has 25 nitrogen and oxygen atoms in total. The number of nitrogen functional groups attached to an aromatic ring is 1. The summed E-state index contributed by atoms with van der Waals surface area (Å²) < 4.78 is 62.3. The summed E-state index contributed by atoms with van der Waals surface area (Å²) in [5, 5.41) is 27.2. The van der Waals surface area contributed by atoms with Gasteiger partial charge in [0.15, 0.2) is 17.7 Å². The van der Waals surface area contributed by atoms with Crippen LogP contribution in [-0.4, -0.2) is 128 Å². The number of rotatable bonds is 21. The van der Waals surface area contributed by atoms with Gasteiger partial charge in [0.1, 0.15) is 36.3 Å². The molecular weight excluding hydrogens is 893 g/mol. The Bertz CT molecular complexity index is 2390. The molecule has 61 heavy (non-hydrogen) atoms. The van der Waals surface area contributed by atoms with Crippen LogP contribution >= 0.6 is 35.2 Å². The van der Waals surface area contributed by atoms with Gasteiger partial charge in [0.2, 0.25) is 16.9 Å². The molecule has 1 fully saturated rings. The maximum absolute atomic E-state index is 12.7. The first kappa shape index (κ1) is 48.1. The summed E-state index contributed by atoms with van der Waals surface area (Å²) in [6.45, 7) is 0.409. The molecule has 0 bridgehead atoms. The van der Waals surface area contributed by atoms with Gasteiger partial charge in [0, 0.05) is 47.8 Å². The largest absolute Gasteiger partial charge is 0.481 e. The van der Waals surface area contributed by atoms with Gasteiger partial charge >= 0.3 is 23.5 Å². The highest BCUT2D eigenvalue weighted by Gasteiger charge is 2.50. The molecule has 1 aromatic carbocycles. The van der Waals surface area contributed by atoms with Crippen LogP contribution in [-0.2, 0) is 50.7 Å². The van der Waals surface area contributed by atoms with Crippen LogP contribution < -0.4 is 16.4 Å². The van der Waals surface area contributed by atoms with E-state index in [1.54, 1.807) is 12.3 Å². The standard InChI is InChI=1S/C32H43N8O17P3S/c1-32(2,27(44)30(45)35-10-9-22(41)34-11-12-61-23(42)8-7-18-13-36-20-6-4-3-5-19(18)20)15-54-60(51,52)57-59(49,50)53-14-21-26(56-58(46,47)48)25(43)31(55-21)40-17-39-24-28(33)37-16-38-29(24)40/h3-8,13,16-17,21,25-27,31,36,43-44H,9-12,14-15H2,1-2H3,(H,34,41)(H,35,45)(H,49,50)(H,51,52)(H2,33,37,38)(H2,46,47,48)/b8-7+/t21-,25-,26-,27?,31-/m1/s1. The van der Waals surface area contributed by atoms with E-state index in [-0.39, 0.29) is 47.4 Å². The molecule has 0 spiro atoms. The zero-order valence-corrected chi connectivity index (χ0v) is 35.6. The fraction of sp³-hybridized carbons (Fsp3) is 0.438. The number of fused-ring (bicyclic) bond motifs is 2. The molecule has 334 valence electrons. The number of ether oxygens (including phenoxy) is 1. The smallest absolute Gasteiger partial charge is 0.386 e. The molecule has 1 aliphatic heterocycles. The van der Waals surface area contributed by atoms with Crippen molar-refractivity contribution in [2.24, 2.45) is 5.41 Å². The number of carbonyl (C=O) groups excluding carboxylic acids is 3. The van der Waals surface area contributed by atoms with Crippen LogP contribution in [0.5, 0.6) is 0 Å². The van der Waals surface area contributed by atoms with Crippen LogP contribution in [0, 0.1) is 5.41 Å². The molecule has 4 aromatic rings. The summed E-state index contributed by atoms with van der Waals surface area (Å²) in [7, 11) is -16.4. The number of imidazole rings is 1. The Hall–Kier alpha value is -3.94. The van der Waals surface area contributed by atoms with E-state index < -0.39 is 84.6 Å². The number of aromatic amines is 1. The average Bonchev–Trinajstić information content (AvgIpc) is 3.89. The minimum absolute atomic E-state index is 0.0276. The third-order valence-corrected chi connectivity index (χ3v) is 12.7. The first-order valence-corrected chi connectivity index (χ1v) is 23.4. The second-order valence-corrected chi connectivity index (χ2v) is 19.2. The average molecular weight is 937 g/mol. The van der Waals surface area contributed by atoms with Crippen LogP contribution in [0.1, 0.15) is 32.1 Å². The molecule has 4 heterocycles. The van der Waals surface area contributed by atoms with E-state index >= 15 is 0 Å². The van der Waals surface area contributed by atoms with Crippen molar-refractivity contribution in [1.82, 2.24) is 35.1 Å². The lowest BCUT2D eigenvalue weighted by molar-refractivity contribution is -0.137. The van der Waals surface area contributed by atoms with Gasteiger partial charge in [-0.3, -0.25) is 32.5 Å². The molecule has 2 amide bonds. The predicted octanol–water partition coefficient (Wildman–Crippen LogP) is 0.859. The van der Waals surface area contributed by atoms with E-state index in [9.17, 15) is 57.9 Å². The number of anilines is 1. The maximum atomic E-state index is 12.7. The molecular formula is C32H43N8O17P3S. The van der Waals surface area contributed by atoms with Gasteiger partial charge in [-0.2, -0.15) is 4.31 Å². The normalized spacial score (nSPS) is 21.0. The topological polar surface area (TPSA) is 379 Å². The van der Waals surface area contributed by atoms with Crippen LogP contribution in [0.25, 0.3) is 28.1 Å². The highest BCUT2D eigenvalue weighted by atomic mass is 32.2. The fourth-order valence-electron chi connectivity index (χ4n) is 5.72. The minimum atomic E-state index is -5.58. The van der Waals surface area contributed by atoms with E-state index in [0.717, 1.165) is 45.5 Å². The number of aliphatic hydroxyl groups is 2. The number of phosphoric ester groups is 3. The van der Waals surface area contributed by atoms with Crippen molar-refractivity contribution < 1.29 is 80.5 Å². The van der Waals surface area contributed by atoms with E-state index in [1.807, 2.05) is 24.3 Å². The number of thioether (sulfide) groups is 1. The number of benzene rings is 1. The van der Waals surface area contributed by atoms with Crippen molar-refractivity contribution in [3.05, 3.63) is 54.8 Å². The predicted molar refractivity (Wildman–Crippen MR) is 214 cm³/mol. The number of phosphoric acid groups is 3. The van der Waals surface area contributed by atoms with Gasteiger partial charge in [0.05, 0.1) is 19.5 Å². The third kappa shape index (κ3) is 13.3.